The largest absolute Gasteiger partial charge is 0.459 e. The Labute approximate surface area is 350 Å². The van der Waals surface area contributed by atoms with Gasteiger partial charge in [-0.3, -0.25) is 9.98 Å². The van der Waals surface area contributed by atoms with Gasteiger partial charge in [-0.2, -0.15) is 0 Å². The number of anilines is 2. The van der Waals surface area contributed by atoms with Crippen LogP contribution in [-0.2, 0) is 26.2 Å². The molecule has 288 valence electrons. The Morgan fingerprint density at radius 1 is 0.561 bits per heavy atom. The van der Waals surface area contributed by atoms with Crippen molar-refractivity contribution in [2.75, 3.05) is 36.1 Å². The van der Waals surface area contributed by atoms with Gasteiger partial charge in [0.1, 0.15) is 11.4 Å². The Kier molecular flexibility index (Phi) is 8.63. The maximum Gasteiger partial charge on any atom is 0.229 e. The van der Waals surface area contributed by atoms with E-state index < -0.39 is 22.3 Å². The summed E-state index contributed by atoms with van der Waals surface area (Å²) >= 11 is 7.52. The van der Waals surface area contributed by atoms with Gasteiger partial charge < -0.3 is 24.0 Å². The van der Waals surface area contributed by atoms with E-state index in [4.69, 9.17) is 24.2 Å². The van der Waals surface area contributed by atoms with Crippen molar-refractivity contribution in [3.8, 4) is 11.5 Å². The highest BCUT2D eigenvalue weighted by Gasteiger charge is 2.61. The molecule has 0 aliphatic carbocycles. The minimum atomic E-state index is -0.856. The molecule has 0 saturated carbocycles. The number of benzene rings is 6. The van der Waals surface area contributed by atoms with Crippen LogP contribution in [-0.4, -0.2) is 50.2 Å². The second-order valence-electron chi connectivity index (χ2n) is 16.4. The summed E-state index contributed by atoms with van der Waals surface area (Å²) in [5.41, 5.74) is 6.11. The monoisotopic (exact) mass is 882 g/mol. The Morgan fingerprint density at radius 3 is 1.40 bits per heavy atom. The summed E-state index contributed by atoms with van der Waals surface area (Å²) in [7, 11) is 0. The van der Waals surface area contributed by atoms with Crippen molar-refractivity contribution in [3.05, 3.63) is 131 Å². The zero-order chi connectivity index (χ0) is 39.2. The lowest BCUT2D eigenvalue weighted by Gasteiger charge is -2.47. The second-order valence-corrected chi connectivity index (χ2v) is 17.6. The van der Waals surface area contributed by atoms with E-state index in [0.717, 1.165) is 66.9 Å². The van der Waals surface area contributed by atoms with E-state index in [1.54, 1.807) is 0 Å². The normalized spacial score (nSPS) is 21.8. The Bertz CT molecular complexity index is 2480. The highest BCUT2D eigenvalue weighted by Crippen LogP contribution is 2.57. The minimum absolute atomic E-state index is 0.412. The van der Waals surface area contributed by atoms with Gasteiger partial charge in [-0.05, 0) is 73.9 Å². The maximum absolute atomic E-state index is 7.32. The average molecular weight is 885 g/mol. The van der Waals surface area contributed by atoms with Crippen molar-refractivity contribution in [2.45, 2.75) is 60.6 Å². The predicted octanol–water partition coefficient (Wildman–Crippen LogP) is 11.7. The van der Waals surface area contributed by atoms with Crippen LogP contribution < -0.4 is 19.3 Å². The van der Waals surface area contributed by atoms with Gasteiger partial charge in [0.15, 0.2) is 11.5 Å². The fourth-order valence-corrected chi connectivity index (χ4v) is 10.6. The Balaban J connectivity index is 0.943. The molecule has 10 rings (SSSR count). The molecule has 0 amide bonds. The summed E-state index contributed by atoms with van der Waals surface area (Å²) in [6.07, 6.45) is 4.07. The molecule has 57 heavy (non-hydrogen) atoms. The quantitative estimate of drug-likeness (QED) is 0.113. The van der Waals surface area contributed by atoms with Gasteiger partial charge in [0.25, 0.3) is 0 Å². The van der Waals surface area contributed by atoms with Gasteiger partial charge in [0, 0.05) is 57.0 Å². The number of ether oxygens (including phenoxy) is 3. The van der Waals surface area contributed by atoms with Crippen LogP contribution in [0.25, 0.3) is 21.5 Å². The number of rotatable bonds is 8. The maximum atomic E-state index is 7.32. The minimum Gasteiger partial charge on any atom is -0.459 e. The molecule has 0 bridgehead atoms. The lowest BCUT2D eigenvalue weighted by molar-refractivity contribution is 0.0579. The van der Waals surface area contributed by atoms with Crippen LogP contribution >= 0.6 is 31.9 Å². The molecule has 0 fully saturated rings. The highest BCUT2D eigenvalue weighted by molar-refractivity contribution is 9.08. The molecule has 6 aromatic rings. The molecule has 2 atom stereocenters. The number of fused-ring (bicyclic) bond motifs is 8. The fourth-order valence-electron chi connectivity index (χ4n) is 9.79. The van der Waals surface area contributed by atoms with Crippen LogP contribution in [0.4, 0.5) is 22.7 Å². The first-order valence-electron chi connectivity index (χ1n) is 19.7. The fraction of sp³-hybridized carbons (Fsp3) is 0.292. The lowest BCUT2D eigenvalue weighted by Crippen LogP contribution is -2.63. The summed E-state index contributed by atoms with van der Waals surface area (Å²) in [5, 5.41) is 5.80. The van der Waals surface area contributed by atoms with Gasteiger partial charge in [-0.15, -0.1) is 0 Å². The third-order valence-electron chi connectivity index (χ3n) is 12.9. The van der Waals surface area contributed by atoms with E-state index in [1.807, 2.05) is 12.4 Å². The summed E-state index contributed by atoms with van der Waals surface area (Å²) in [6, 6.07) is 38.5. The predicted molar refractivity (Wildman–Crippen MR) is 241 cm³/mol. The van der Waals surface area contributed by atoms with Crippen LogP contribution in [0.15, 0.2) is 119 Å². The SMILES string of the molecule is CC1(C)c2ccccc2N(CCOCCN2c3ccccc3C(C)(C)C23C=Nc2c(c(CBr)cc4ccccc24)O3)C12C=Nc1c(c(CBr)cc3ccccc13)O2. The first kappa shape index (κ1) is 36.6. The summed E-state index contributed by atoms with van der Waals surface area (Å²) in [6.45, 7) is 11.2. The molecular formula is C48H44Br2N4O3. The number of para-hydroxylation sites is 2. The second kappa shape index (κ2) is 13.4. The average Bonchev–Trinajstić information content (AvgIpc) is 3.53. The molecule has 2 unspecified atom stereocenters. The lowest BCUT2D eigenvalue weighted by atomic mass is 9.77. The van der Waals surface area contributed by atoms with Gasteiger partial charge in [-0.25, -0.2) is 0 Å². The zero-order valence-electron chi connectivity index (χ0n) is 32.6. The van der Waals surface area contributed by atoms with E-state index in [9.17, 15) is 0 Å². The van der Waals surface area contributed by atoms with E-state index in [-0.39, 0.29) is 0 Å². The van der Waals surface area contributed by atoms with Crippen molar-refractivity contribution in [1.82, 2.24) is 0 Å². The summed E-state index contributed by atoms with van der Waals surface area (Å²) in [5.74, 6) is 1.65. The van der Waals surface area contributed by atoms with E-state index in [2.05, 4.69) is 179 Å². The molecule has 0 radical (unpaired) electrons. The van der Waals surface area contributed by atoms with Gasteiger partial charge >= 0.3 is 0 Å². The number of nitrogens with zero attached hydrogens (tertiary/aromatic N) is 4. The zero-order valence-corrected chi connectivity index (χ0v) is 35.7. The topological polar surface area (TPSA) is 58.9 Å². The molecular weight excluding hydrogens is 840 g/mol. The summed E-state index contributed by atoms with van der Waals surface area (Å²) < 4.78 is 21.3. The van der Waals surface area contributed by atoms with Crippen LogP contribution in [0.5, 0.6) is 11.5 Å². The van der Waals surface area contributed by atoms with Crippen molar-refractivity contribution in [1.29, 1.82) is 0 Å². The molecule has 0 saturated heterocycles. The van der Waals surface area contributed by atoms with E-state index >= 15 is 0 Å². The molecule has 0 aromatic heterocycles. The van der Waals surface area contributed by atoms with Crippen LogP contribution in [0.2, 0.25) is 0 Å². The molecule has 4 aliphatic heterocycles. The smallest absolute Gasteiger partial charge is 0.229 e. The van der Waals surface area contributed by atoms with Crippen molar-refractivity contribution < 1.29 is 14.2 Å². The number of hydrogen-bond donors (Lipinski definition) is 0. The summed E-state index contributed by atoms with van der Waals surface area (Å²) in [4.78, 5) is 15.2. The highest BCUT2D eigenvalue weighted by atomic mass is 79.9. The molecule has 2 spiro atoms. The van der Waals surface area contributed by atoms with Crippen LogP contribution in [0, 0.1) is 0 Å². The van der Waals surface area contributed by atoms with Crippen molar-refractivity contribution >= 4 is 88.6 Å². The number of aliphatic imine (C=N–C) groups is 2. The van der Waals surface area contributed by atoms with Gasteiger partial charge in [-0.1, -0.05) is 117 Å². The van der Waals surface area contributed by atoms with E-state index in [1.165, 1.54) is 11.1 Å². The Hall–Kier alpha value is -4.70. The van der Waals surface area contributed by atoms with Crippen LogP contribution in [0.3, 0.4) is 0 Å². The molecule has 9 heteroatoms. The standard InChI is InChI=1S/C48H44Br2N4O3/c1-45(2)37-17-9-11-19-39(37)53(47(45)29-51-41-35-15-7-5-13-31(35)25-33(27-49)43(41)56-47)21-23-55-24-22-54-40-20-12-10-18-38(40)46(3,4)48(54)30-52-42-36-16-8-6-14-32(36)26-34(28-50)44(42)57-48/h5-20,25-26,29-30H,21-24,27-28H2,1-4H3. The van der Waals surface area contributed by atoms with E-state index in [0.29, 0.717) is 37.0 Å². The molecule has 4 heterocycles. The van der Waals surface area contributed by atoms with Gasteiger partial charge in [0.2, 0.25) is 11.4 Å². The number of hydrogen-bond acceptors (Lipinski definition) is 7. The van der Waals surface area contributed by atoms with Crippen molar-refractivity contribution in [2.24, 2.45) is 9.98 Å². The first-order chi connectivity index (χ1) is 27.6. The number of halogens is 2. The first-order valence-corrected chi connectivity index (χ1v) is 21.9. The molecule has 6 aromatic carbocycles. The molecule has 7 nitrogen and oxygen atoms in total. The third-order valence-corrected chi connectivity index (χ3v) is 14.1. The van der Waals surface area contributed by atoms with Crippen molar-refractivity contribution in [3.63, 3.8) is 0 Å². The third kappa shape index (κ3) is 5.17. The van der Waals surface area contributed by atoms with Gasteiger partial charge in [0.05, 0.1) is 36.5 Å². The molecule has 4 aliphatic rings. The Morgan fingerprint density at radius 2 is 0.965 bits per heavy atom. The number of alkyl halides is 2. The molecule has 0 N–H and O–H groups in total. The van der Waals surface area contributed by atoms with Crippen LogP contribution in [0.1, 0.15) is 49.9 Å².